The van der Waals surface area contributed by atoms with Crippen LogP contribution in [-0.4, -0.2) is 39.2 Å². The molecule has 0 aliphatic rings. The summed E-state index contributed by atoms with van der Waals surface area (Å²) >= 11 is 0. The molecule has 3 heterocycles. The summed E-state index contributed by atoms with van der Waals surface area (Å²) in [6.45, 7) is 0.982. The van der Waals surface area contributed by atoms with Crippen LogP contribution in [0, 0.1) is 0 Å². The topological polar surface area (TPSA) is 105 Å². The molecule has 0 atom stereocenters. The second-order valence-corrected chi connectivity index (χ2v) is 5.07. The van der Waals surface area contributed by atoms with E-state index in [1.807, 2.05) is 24.3 Å². The molecule has 25 heavy (non-hydrogen) atoms. The van der Waals surface area contributed by atoms with E-state index in [1.165, 1.54) is 0 Å². The second-order valence-electron chi connectivity index (χ2n) is 5.07. The number of nitrogens with one attached hydrogen (secondary N) is 3. The van der Waals surface area contributed by atoms with Crippen LogP contribution in [0.4, 0.5) is 17.3 Å². The Labute approximate surface area is 144 Å². The van der Waals surface area contributed by atoms with Crippen molar-refractivity contribution in [2.45, 2.75) is 0 Å². The van der Waals surface area contributed by atoms with E-state index in [0.29, 0.717) is 30.4 Å². The number of carbonyl (C=O) groups is 1. The zero-order valence-corrected chi connectivity index (χ0v) is 13.4. The summed E-state index contributed by atoms with van der Waals surface area (Å²) < 4.78 is 0. The molecule has 0 spiro atoms. The van der Waals surface area contributed by atoms with Gasteiger partial charge in [-0.05, 0) is 36.4 Å². The Bertz CT molecular complexity index is 794. The Morgan fingerprint density at radius 3 is 2.52 bits per heavy atom. The third-order valence-electron chi connectivity index (χ3n) is 3.21. The maximum Gasteiger partial charge on any atom is 0.269 e. The fourth-order valence-corrected chi connectivity index (χ4v) is 2.03. The molecule has 8 heteroatoms. The molecular formula is C17H17N7O. The van der Waals surface area contributed by atoms with E-state index in [4.69, 9.17) is 0 Å². The Morgan fingerprint density at radius 1 is 0.920 bits per heavy atom. The number of nitrogens with zero attached hydrogens (tertiary/aromatic N) is 4. The summed E-state index contributed by atoms with van der Waals surface area (Å²) in [5.41, 5.74) is 1.24. The molecule has 0 bridgehead atoms. The maximum absolute atomic E-state index is 11.8. The van der Waals surface area contributed by atoms with Gasteiger partial charge >= 0.3 is 0 Å². The van der Waals surface area contributed by atoms with Crippen LogP contribution >= 0.6 is 0 Å². The highest BCUT2D eigenvalue weighted by molar-refractivity contribution is 5.92. The number of pyridine rings is 2. The first-order chi connectivity index (χ1) is 12.3. The number of hydrogen-bond donors (Lipinski definition) is 3. The van der Waals surface area contributed by atoms with Crippen LogP contribution in [-0.2, 0) is 0 Å². The van der Waals surface area contributed by atoms with Gasteiger partial charge in [0, 0.05) is 25.5 Å². The van der Waals surface area contributed by atoms with Gasteiger partial charge in [0.1, 0.15) is 11.5 Å². The highest BCUT2D eigenvalue weighted by Gasteiger charge is 2.04. The van der Waals surface area contributed by atoms with Gasteiger partial charge in [0.25, 0.3) is 5.91 Å². The number of hydrogen-bond acceptors (Lipinski definition) is 7. The number of carbonyl (C=O) groups excluding carboxylic acids is 1. The Morgan fingerprint density at radius 2 is 1.80 bits per heavy atom. The lowest BCUT2D eigenvalue weighted by atomic mass is 10.3. The van der Waals surface area contributed by atoms with Gasteiger partial charge in [-0.2, -0.15) is 0 Å². The summed E-state index contributed by atoms with van der Waals surface area (Å²) in [4.78, 5) is 19.8. The SMILES string of the molecule is O=C(NCCNc1ccc(Nc2cccnc2)nn1)c1ccccn1. The van der Waals surface area contributed by atoms with Crippen LogP contribution in [0.1, 0.15) is 10.5 Å². The van der Waals surface area contributed by atoms with Gasteiger partial charge in [-0.25, -0.2) is 0 Å². The smallest absolute Gasteiger partial charge is 0.269 e. The Kier molecular flexibility index (Phi) is 5.44. The van der Waals surface area contributed by atoms with Crippen LogP contribution in [0.15, 0.2) is 61.1 Å². The van der Waals surface area contributed by atoms with Gasteiger partial charge in [0.15, 0.2) is 5.82 Å². The van der Waals surface area contributed by atoms with Crippen LogP contribution in [0.5, 0.6) is 0 Å². The first-order valence-corrected chi connectivity index (χ1v) is 7.75. The fourth-order valence-electron chi connectivity index (χ4n) is 2.03. The van der Waals surface area contributed by atoms with Gasteiger partial charge in [0.05, 0.1) is 11.9 Å². The molecule has 0 saturated carbocycles. The molecule has 3 aromatic heterocycles. The van der Waals surface area contributed by atoms with Gasteiger partial charge in [-0.1, -0.05) is 6.07 Å². The van der Waals surface area contributed by atoms with Crippen molar-refractivity contribution in [2.24, 2.45) is 0 Å². The normalized spacial score (nSPS) is 10.1. The third-order valence-corrected chi connectivity index (χ3v) is 3.21. The zero-order chi connectivity index (χ0) is 17.3. The lowest BCUT2D eigenvalue weighted by Gasteiger charge is -2.08. The fraction of sp³-hybridized carbons (Fsp3) is 0.118. The highest BCUT2D eigenvalue weighted by atomic mass is 16.1. The molecule has 0 aromatic carbocycles. The standard InChI is InChI=1S/C17H17N7O/c25-17(14-5-1-2-9-19-14)21-11-10-20-15-6-7-16(24-23-15)22-13-4-3-8-18-12-13/h1-9,12H,10-11H2,(H,20,23)(H,21,25)(H,22,24). The molecule has 0 radical (unpaired) electrons. The summed E-state index contributed by atoms with van der Waals surface area (Å²) in [6, 6.07) is 12.6. The van der Waals surface area contributed by atoms with E-state index < -0.39 is 0 Å². The number of aromatic nitrogens is 4. The van der Waals surface area contributed by atoms with Gasteiger partial charge in [0.2, 0.25) is 0 Å². The van der Waals surface area contributed by atoms with Crippen molar-refractivity contribution in [3.05, 3.63) is 66.7 Å². The van der Waals surface area contributed by atoms with E-state index in [2.05, 4.69) is 36.1 Å². The Balaban J connectivity index is 1.42. The van der Waals surface area contributed by atoms with E-state index in [9.17, 15) is 4.79 Å². The van der Waals surface area contributed by atoms with E-state index in [1.54, 1.807) is 36.8 Å². The number of anilines is 3. The van der Waals surface area contributed by atoms with Crippen LogP contribution in [0.25, 0.3) is 0 Å². The molecule has 0 unspecified atom stereocenters. The largest absolute Gasteiger partial charge is 0.367 e. The molecule has 8 nitrogen and oxygen atoms in total. The minimum Gasteiger partial charge on any atom is -0.367 e. The van der Waals surface area contributed by atoms with Crippen molar-refractivity contribution in [1.82, 2.24) is 25.5 Å². The molecule has 0 aliphatic carbocycles. The summed E-state index contributed by atoms with van der Waals surface area (Å²) in [5, 5.41) is 17.1. The van der Waals surface area contributed by atoms with Crippen LogP contribution < -0.4 is 16.0 Å². The van der Waals surface area contributed by atoms with Gasteiger partial charge in [-0.3, -0.25) is 14.8 Å². The second kappa shape index (κ2) is 8.34. The van der Waals surface area contributed by atoms with Gasteiger partial charge < -0.3 is 16.0 Å². The van der Waals surface area contributed by atoms with Crippen molar-refractivity contribution < 1.29 is 4.79 Å². The van der Waals surface area contributed by atoms with Gasteiger partial charge in [-0.15, -0.1) is 10.2 Å². The molecule has 3 rings (SSSR count). The summed E-state index contributed by atoms with van der Waals surface area (Å²) in [6.07, 6.45) is 5.00. The molecule has 3 N–H and O–H groups in total. The molecule has 1 amide bonds. The lowest BCUT2D eigenvalue weighted by Crippen LogP contribution is -2.29. The minimum atomic E-state index is -0.204. The maximum atomic E-state index is 11.8. The Hall–Kier alpha value is -3.55. The molecule has 126 valence electrons. The van der Waals surface area contributed by atoms with Crippen LogP contribution in [0.2, 0.25) is 0 Å². The van der Waals surface area contributed by atoms with Crippen LogP contribution in [0.3, 0.4) is 0 Å². The van der Waals surface area contributed by atoms with Crippen molar-refractivity contribution in [3.63, 3.8) is 0 Å². The molecule has 0 fully saturated rings. The van der Waals surface area contributed by atoms with Crippen molar-refractivity contribution >= 4 is 23.2 Å². The van der Waals surface area contributed by atoms with Crippen molar-refractivity contribution in [1.29, 1.82) is 0 Å². The number of amides is 1. The van der Waals surface area contributed by atoms with Crippen molar-refractivity contribution in [2.75, 3.05) is 23.7 Å². The average Bonchev–Trinajstić information content (AvgIpc) is 2.68. The quantitative estimate of drug-likeness (QED) is 0.566. The monoisotopic (exact) mass is 335 g/mol. The van der Waals surface area contributed by atoms with E-state index in [-0.39, 0.29) is 5.91 Å². The summed E-state index contributed by atoms with van der Waals surface area (Å²) in [5.74, 6) is 1.05. The number of rotatable bonds is 7. The lowest BCUT2D eigenvalue weighted by molar-refractivity contribution is 0.0950. The van der Waals surface area contributed by atoms with Crippen molar-refractivity contribution in [3.8, 4) is 0 Å². The molecule has 0 aliphatic heterocycles. The van der Waals surface area contributed by atoms with E-state index in [0.717, 1.165) is 5.69 Å². The predicted molar refractivity (Wildman–Crippen MR) is 94.6 cm³/mol. The average molecular weight is 335 g/mol. The first-order valence-electron chi connectivity index (χ1n) is 7.75. The zero-order valence-electron chi connectivity index (χ0n) is 13.4. The highest BCUT2D eigenvalue weighted by Crippen LogP contribution is 2.12. The predicted octanol–water partition coefficient (Wildman–Crippen LogP) is 1.85. The summed E-state index contributed by atoms with van der Waals surface area (Å²) in [7, 11) is 0. The molecule has 0 saturated heterocycles. The minimum absolute atomic E-state index is 0.204. The third kappa shape index (κ3) is 4.96. The molecular weight excluding hydrogens is 318 g/mol. The van der Waals surface area contributed by atoms with E-state index >= 15 is 0 Å². The first kappa shape index (κ1) is 16.3. The molecule has 3 aromatic rings.